The molecular formula is C13H16BrNO4. The summed E-state index contributed by atoms with van der Waals surface area (Å²) >= 11 is 3.34. The van der Waals surface area contributed by atoms with Crippen molar-refractivity contribution < 1.29 is 19.8 Å². The lowest BCUT2D eigenvalue weighted by molar-refractivity contribution is -0.146. The average molecular weight is 330 g/mol. The number of carbonyl (C=O) groups is 2. The Labute approximate surface area is 119 Å². The normalized spacial score (nSPS) is 13.6. The van der Waals surface area contributed by atoms with Crippen LogP contribution in [0.1, 0.15) is 24.8 Å². The minimum absolute atomic E-state index is 0.0232. The molecule has 0 fully saturated rings. The number of hydrogen-bond acceptors (Lipinski definition) is 3. The third-order valence-corrected chi connectivity index (χ3v) is 3.24. The standard InChI is InChI=1S/C13H16BrNO4/c1-8(9-2-4-10(14)5-3-9)6-12(17)15-7-11(16)13(18)19/h2-5,8,11,16H,6-7H2,1H3,(H,15,17)(H,18,19)/t8?,11-/m0/s1. The number of halogens is 1. The van der Waals surface area contributed by atoms with E-state index in [1.54, 1.807) is 0 Å². The van der Waals surface area contributed by atoms with Crippen LogP contribution in [-0.2, 0) is 9.59 Å². The van der Waals surface area contributed by atoms with Gasteiger partial charge in [-0.1, -0.05) is 35.0 Å². The predicted octanol–water partition coefficient (Wildman–Crippen LogP) is 1.50. The summed E-state index contributed by atoms with van der Waals surface area (Å²) in [7, 11) is 0. The molecule has 2 atom stereocenters. The van der Waals surface area contributed by atoms with E-state index in [4.69, 9.17) is 10.2 Å². The van der Waals surface area contributed by atoms with E-state index >= 15 is 0 Å². The zero-order valence-corrected chi connectivity index (χ0v) is 12.1. The molecule has 0 heterocycles. The number of carbonyl (C=O) groups excluding carboxylic acids is 1. The van der Waals surface area contributed by atoms with Crippen LogP contribution in [0.4, 0.5) is 0 Å². The third kappa shape index (κ3) is 5.40. The van der Waals surface area contributed by atoms with Gasteiger partial charge in [0.25, 0.3) is 0 Å². The van der Waals surface area contributed by atoms with Gasteiger partial charge in [0.1, 0.15) is 0 Å². The molecule has 0 aliphatic heterocycles. The second-order valence-electron chi connectivity index (χ2n) is 4.31. The number of amides is 1. The molecular weight excluding hydrogens is 314 g/mol. The fourth-order valence-corrected chi connectivity index (χ4v) is 1.82. The highest BCUT2D eigenvalue weighted by Crippen LogP contribution is 2.21. The molecule has 0 bridgehead atoms. The minimum Gasteiger partial charge on any atom is -0.479 e. The summed E-state index contributed by atoms with van der Waals surface area (Å²) in [6.07, 6.45) is -1.32. The quantitative estimate of drug-likeness (QED) is 0.738. The molecule has 104 valence electrons. The first kappa shape index (κ1) is 15.7. The number of nitrogens with one attached hydrogen (secondary N) is 1. The summed E-state index contributed by atoms with van der Waals surface area (Å²) < 4.78 is 0.970. The molecule has 1 aromatic rings. The van der Waals surface area contributed by atoms with Gasteiger partial charge in [-0.3, -0.25) is 4.79 Å². The van der Waals surface area contributed by atoms with E-state index in [0.717, 1.165) is 10.0 Å². The van der Waals surface area contributed by atoms with Gasteiger partial charge in [-0.2, -0.15) is 0 Å². The Morgan fingerprint density at radius 1 is 1.32 bits per heavy atom. The minimum atomic E-state index is -1.56. The second-order valence-corrected chi connectivity index (χ2v) is 5.23. The molecule has 0 spiro atoms. The Balaban J connectivity index is 2.44. The second kappa shape index (κ2) is 7.25. The number of aliphatic hydroxyl groups is 1. The Kier molecular flexibility index (Phi) is 5.98. The maximum absolute atomic E-state index is 11.6. The van der Waals surface area contributed by atoms with Gasteiger partial charge in [-0.05, 0) is 23.6 Å². The number of carboxylic acid groups (broad SMARTS) is 1. The zero-order chi connectivity index (χ0) is 14.4. The van der Waals surface area contributed by atoms with Crippen molar-refractivity contribution in [2.75, 3.05) is 6.54 Å². The molecule has 6 heteroatoms. The van der Waals surface area contributed by atoms with E-state index in [1.807, 2.05) is 31.2 Å². The predicted molar refractivity (Wildman–Crippen MR) is 73.8 cm³/mol. The van der Waals surface area contributed by atoms with Gasteiger partial charge < -0.3 is 15.5 Å². The lowest BCUT2D eigenvalue weighted by Crippen LogP contribution is -2.36. The highest BCUT2D eigenvalue weighted by Gasteiger charge is 2.16. The van der Waals surface area contributed by atoms with Gasteiger partial charge in [-0.25, -0.2) is 4.79 Å². The summed E-state index contributed by atoms with van der Waals surface area (Å²) in [5.74, 6) is -1.60. The molecule has 1 rings (SSSR count). The largest absolute Gasteiger partial charge is 0.479 e. The van der Waals surface area contributed by atoms with Crippen molar-refractivity contribution in [2.45, 2.75) is 25.4 Å². The molecule has 1 unspecified atom stereocenters. The van der Waals surface area contributed by atoms with E-state index in [2.05, 4.69) is 21.2 Å². The molecule has 0 saturated heterocycles. The number of hydrogen-bond donors (Lipinski definition) is 3. The highest BCUT2D eigenvalue weighted by atomic mass is 79.9. The average Bonchev–Trinajstić information content (AvgIpc) is 2.36. The van der Waals surface area contributed by atoms with Crippen LogP contribution in [0.15, 0.2) is 28.7 Å². The van der Waals surface area contributed by atoms with Gasteiger partial charge in [0.2, 0.25) is 5.91 Å². The first-order valence-corrected chi connectivity index (χ1v) is 6.62. The first-order chi connectivity index (χ1) is 8.90. The van der Waals surface area contributed by atoms with Gasteiger partial charge >= 0.3 is 5.97 Å². The fraction of sp³-hybridized carbons (Fsp3) is 0.385. The van der Waals surface area contributed by atoms with Crippen molar-refractivity contribution in [1.29, 1.82) is 0 Å². The SMILES string of the molecule is CC(CC(=O)NC[C@H](O)C(=O)O)c1ccc(Br)cc1. The van der Waals surface area contributed by atoms with Crippen LogP contribution in [-0.4, -0.2) is 34.7 Å². The summed E-state index contributed by atoms with van der Waals surface area (Å²) in [5, 5.41) is 19.9. The Hall–Kier alpha value is -1.40. The van der Waals surface area contributed by atoms with E-state index < -0.39 is 12.1 Å². The van der Waals surface area contributed by atoms with Crippen LogP contribution < -0.4 is 5.32 Å². The van der Waals surface area contributed by atoms with Crippen LogP contribution >= 0.6 is 15.9 Å². The maximum atomic E-state index is 11.6. The third-order valence-electron chi connectivity index (χ3n) is 2.71. The Morgan fingerprint density at radius 3 is 2.42 bits per heavy atom. The van der Waals surface area contributed by atoms with Crippen molar-refractivity contribution in [2.24, 2.45) is 0 Å². The number of carboxylic acids is 1. The lowest BCUT2D eigenvalue weighted by atomic mass is 9.97. The molecule has 19 heavy (non-hydrogen) atoms. The van der Waals surface area contributed by atoms with Crippen molar-refractivity contribution in [3.8, 4) is 0 Å². The van der Waals surface area contributed by atoms with Crippen molar-refractivity contribution in [1.82, 2.24) is 5.32 Å². The van der Waals surface area contributed by atoms with Gasteiger partial charge in [-0.15, -0.1) is 0 Å². The van der Waals surface area contributed by atoms with Crippen LogP contribution in [0, 0.1) is 0 Å². The van der Waals surface area contributed by atoms with Crippen molar-refractivity contribution >= 4 is 27.8 Å². The van der Waals surface area contributed by atoms with E-state index in [-0.39, 0.29) is 24.8 Å². The Morgan fingerprint density at radius 2 is 1.89 bits per heavy atom. The summed E-state index contributed by atoms with van der Waals surface area (Å²) in [6.45, 7) is 1.64. The number of aliphatic carboxylic acids is 1. The van der Waals surface area contributed by atoms with E-state index in [0.29, 0.717) is 0 Å². The van der Waals surface area contributed by atoms with Crippen LogP contribution in [0.25, 0.3) is 0 Å². The lowest BCUT2D eigenvalue weighted by Gasteiger charge is -2.13. The molecule has 1 amide bonds. The van der Waals surface area contributed by atoms with E-state index in [9.17, 15) is 9.59 Å². The van der Waals surface area contributed by atoms with Crippen molar-refractivity contribution in [3.05, 3.63) is 34.3 Å². The smallest absolute Gasteiger partial charge is 0.334 e. The monoisotopic (exact) mass is 329 g/mol. The molecule has 3 N–H and O–H groups in total. The summed E-state index contributed by atoms with van der Waals surface area (Å²) in [4.78, 5) is 22.0. The van der Waals surface area contributed by atoms with E-state index in [1.165, 1.54) is 0 Å². The number of benzene rings is 1. The fourth-order valence-electron chi connectivity index (χ4n) is 1.56. The summed E-state index contributed by atoms with van der Waals surface area (Å²) in [6, 6.07) is 7.65. The molecule has 0 saturated carbocycles. The molecule has 5 nitrogen and oxygen atoms in total. The number of aliphatic hydroxyl groups excluding tert-OH is 1. The van der Waals surface area contributed by atoms with Crippen LogP contribution in [0.2, 0.25) is 0 Å². The van der Waals surface area contributed by atoms with Crippen LogP contribution in [0.5, 0.6) is 0 Å². The molecule has 0 radical (unpaired) electrons. The van der Waals surface area contributed by atoms with Gasteiger partial charge in [0, 0.05) is 10.9 Å². The van der Waals surface area contributed by atoms with Crippen LogP contribution in [0.3, 0.4) is 0 Å². The number of rotatable bonds is 6. The zero-order valence-electron chi connectivity index (χ0n) is 10.5. The van der Waals surface area contributed by atoms with Gasteiger partial charge in [0.05, 0.1) is 6.54 Å². The molecule has 0 aliphatic carbocycles. The maximum Gasteiger partial charge on any atom is 0.334 e. The summed E-state index contributed by atoms with van der Waals surface area (Å²) in [5.41, 5.74) is 1.03. The highest BCUT2D eigenvalue weighted by molar-refractivity contribution is 9.10. The Bertz CT molecular complexity index is 446. The molecule has 1 aromatic carbocycles. The van der Waals surface area contributed by atoms with Crippen molar-refractivity contribution in [3.63, 3.8) is 0 Å². The first-order valence-electron chi connectivity index (χ1n) is 5.83. The topological polar surface area (TPSA) is 86.6 Å². The molecule has 0 aromatic heterocycles. The molecule has 0 aliphatic rings. The van der Waals surface area contributed by atoms with Gasteiger partial charge in [0.15, 0.2) is 6.10 Å².